The highest BCUT2D eigenvalue weighted by Crippen LogP contribution is 2.48. The fourth-order valence-electron chi connectivity index (χ4n) is 3.79. The highest BCUT2D eigenvalue weighted by molar-refractivity contribution is 7.89. The van der Waals surface area contributed by atoms with Crippen molar-refractivity contribution in [1.82, 2.24) is 19.5 Å². The summed E-state index contributed by atoms with van der Waals surface area (Å²) < 4.78 is 88.3. The lowest BCUT2D eigenvalue weighted by Crippen LogP contribution is -2.35. The number of rotatable bonds is 10. The van der Waals surface area contributed by atoms with Crippen LogP contribution >= 0.6 is 30.9 Å². The second-order valence-corrected chi connectivity index (χ2v) is 13.0. The van der Waals surface area contributed by atoms with Gasteiger partial charge in [-0.1, -0.05) is 0 Å². The van der Waals surface area contributed by atoms with E-state index in [1.165, 1.54) is 48.2 Å². The Labute approximate surface area is 246 Å². The van der Waals surface area contributed by atoms with Crippen LogP contribution in [0.1, 0.15) is 18.5 Å². The van der Waals surface area contributed by atoms with Crippen LogP contribution in [0.4, 0.5) is 13.2 Å². The van der Waals surface area contributed by atoms with E-state index in [4.69, 9.17) is 37.6 Å². The normalized spacial score (nSPS) is 17.4. The molecule has 226 valence electrons. The SMILES string of the molecule is COc1ccc(-c2cc(C(F)F)nn2-c2ccc(S(N)(=O)=O)cc2)cc1F.O=P1(N(CCCl)CCCl)NCCCO1. The highest BCUT2D eigenvalue weighted by Gasteiger charge is 2.32. The zero-order chi connectivity index (χ0) is 30.2. The van der Waals surface area contributed by atoms with E-state index in [2.05, 4.69) is 10.2 Å². The van der Waals surface area contributed by atoms with Crippen molar-refractivity contribution >= 4 is 40.9 Å². The number of benzene rings is 2. The molecule has 17 heteroatoms. The average molecular weight is 658 g/mol. The molecule has 4 rings (SSSR count). The number of nitrogens with two attached hydrogens (primary N) is 1. The van der Waals surface area contributed by atoms with Crippen molar-refractivity contribution in [2.45, 2.75) is 17.7 Å². The number of nitrogens with zero attached hydrogens (tertiary/aromatic N) is 3. The number of ether oxygens (including phenoxy) is 1. The molecule has 10 nitrogen and oxygen atoms in total. The van der Waals surface area contributed by atoms with Crippen LogP contribution in [0.2, 0.25) is 0 Å². The second kappa shape index (κ2) is 14.8. The number of sulfonamides is 1. The molecule has 0 radical (unpaired) electrons. The smallest absolute Gasteiger partial charge is 0.343 e. The van der Waals surface area contributed by atoms with Crippen LogP contribution in [0.25, 0.3) is 16.9 Å². The number of hydrogen-bond donors (Lipinski definition) is 2. The van der Waals surface area contributed by atoms with Gasteiger partial charge in [0.05, 0.1) is 30.0 Å². The Balaban J connectivity index is 0.000000278. The first-order chi connectivity index (χ1) is 19.4. The van der Waals surface area contributed by atoms with Crippen molar-refractivity contribution in [2.24, 2.45) is 5.14 Å². The van der Waals surface area contributed by atoms with Crippen LogP contribution in [-0.2, 0) is 19.1 Å². The van der Waals surface area contributed by atoms with Gasteiger partial charge in [-0.15, -0.1) is 23.2 Å². The van der Waals surface area contributed by atoms with E-state index in [1.54, 1.807) is 4.67 Å². The summed E-state index contributed by atoms with van der Waals surface area (Å²) >= 11 is 11.2. The Morgan fingerprint density at radius 3 is 2.32 bits per heavy atom. The van der Waals surface area contributed by atoms with E-state index in [-0.39, 0.29) is 16.3 Å². The summed E-state index contributed by atoms with van der Waals surface area (Å²) in [7, 11) is -5.43. The van der Waals surface area contributed by atoms with Gasteiger partial charge in [-0.05, 0) is 55.0 Å². The molecule has 2 heterocycles. The van der Waals surface area contributed by atoms with Gasteiger partial charge in [-0.2, -0.15) is 5.10 Å². The lowest BCUT2D eigenvalue weighted by atomic mass is 10.1. The zero-order valence-electron chi connectivity index (χ0n) is 21.9. The first-order valence-corrected chi connectivity index (χ1v) is 16.3. The Morgan fingerprint density at radius 2 is 1.83 bits per heavy atom. The molecular formula is C24H29Cl2F3N5O5PS. The van der Waals surface area contributed by atoms with Gasteiger partial charge in [0, 0.05) is 37.0 Å². The van der Waals surface area contributed by atoms with Crippen molar-refractivity contribution in [3.63, 3.8) is 0 Å². The number of halogens is 5. The lowest BCUT2D eigenvalue weighted by Gasteiger charge is -2.33. The van der Waals surface area contributed by atoms with Crippen LogP contribution in [0, 0.1) is 5.82 Å². The predicted octanol–water partition coefficient (Wildman–Crippen LogP) is 5.16. The molecule has 1 unspecified atom stereocenters. The number of methoxy groups -OCH3 is 1. The zero-order valence-corrected chi connectivity index (χ0v) is 25.1. The molecule has 1 aromatic heterocycles. The quantitative estimate of drug-likeness (QED) is 0.226. The molecule has 0 amide bonds. The Bertz CT molecular complexity index is 1450. The van der Waals surface area contributed by atoms with Crippen LogP contribution < -0.4 is 15.0 Å². The largest absolute Gasteiger partial charge is 0.494 e. The van der Waals surface area contributed by atoms with Crippen LogP contribution in [0.3, 0.4) is 0 Å². The maximum absolute atomic E-state index is 14.0. The Morgan fingerprint density at radius 1 is 1.17 bits per heavy atom. The Kier molecular flexibility index (Phi) is 12.1. The Hall–Kier alpha value is -2.16. The lowest BCUT2D eigenvalue weighted by molar-refractivity contribution is 0.145. The molecular weight excluding hydrogens is 629 g/mol. The van der Waals surface area contributed by atoms with E-state index in [0.717, 1.165) is 25.1 Å². The third kappa shape index (κ3) is 8.68. The van der Waals surface area contributed by atoms with Crippen molar-refractivity contribution in [3.05, 3.63) is 60.0 Å². The molecule has 0 spiro atoms. The van der Waals surface area contributed by atoms with E-state index in [0.29, 0.717) is 42.7 Å². The molecule has 3 aromatic rings. The summed E-state index contributed by atoms with van der Waals surface area (Å²) in [5.41, 5.74) is 0.302. The van der Waals surface area contributed by atoms with E-state index >= 15 is 0 Å². The second-order valence-electron chi connectivity index (χ2n) is 8.50. The van der Waals surface area contributed by atoms with E-state index < -0.39 is 35.6 Å². The van der Waals surface area contributed by atoms with Crippen molar-refractivity contribution in [3.8, 4) is 22.7 Å². The van der Waals surface area contributed by atoms with E-state index in [9.17, 15) is 26.2 Å². The third-order valence-electron chi connectivity index (χ3n) is 5.77. The molecule has 0 bridgehead atoms. The molecule has 2 aromatic carbocycles. The van der Waals surface area contributed by atoms with Gasteiger partial charge < -0.3 is 9.26 Å². The molecule has 0 saturated carbocycles. The monoisotopic (exact) mass is 657 g/mol. The summed E-state index contributed by atoms with van der Waals surface area (Å²) in [4.78, 5) is -0.135. The van der Waals surface area contributed by atoms with Gasteiger partial charge in [-0.3, -0.25) is 4.57 Å². The fraction of sp³-hybridized carbons (Fsp3) is 0.375. The maximum atomic E-state index is 14.0. The van der Waals surface area contributed by atoms with Crippen molar-refractivity contribution in [1.29, 1.82) is 0 Å². The molecule has 1 atom stereocenters. The van der Waals surface area contributed by atoms with E-state index in [1.807, 2.05) is 0 Å². The summed E-state index contributed by atoms with van der Waals surface area (Å²) in [6.07, 6.45) is -1.95. The van der Waals surface area contributed by atoms with Gasteiger partial charge in [0.25, 0.3) is 6.43 Å². The number of alkyl halides is 4. The van der Waals surface area contributed by atoms with Crippen LogP contribution in [0.15, 0.2) is 53.4 Å². The fourth-order valence-corrected chi connectivity index (χ4v) is 6.95. The summed E-state index contributed by atoms with van der Waals surface area (Å²) in [6.45, 7) is 2.31. The molecule has 3 N–H and O–H groups in total. The standard InChI is InChI=1S/C17H14F3N3O3S.C7H15Cl2N2O2P/c1-26-16-7-2-10(8-13(16)18)15-9-14(17(19)20)22-23(15)11-3-5-12(6-4-11)27(21,24)25;8-2-5-11(6-3-9)14(12)10-4-1-7-13-14/h2-9,17H,1H3,(H2,21,24,25);1-7H2,(H,10,12). The summed E-state index contributed by atoms with van der Waals surface area (Å²) in [5.74, 6) is 0.194. The van der Waals surface area contributed by atoms with Crippen molar-refractivity contribution < 1.29 is 35.4 Å². The minimum absolute atomic E-state index is 0.0106. The van der Waals surface area contributed by atoms with Crippen LogP contribution in [-0.4, -0.2) is 68.0 Å². The van der Waals surface area contributed by atoms with Gasteiger partial charge in [-0.25, -0.2) is 41.2 Å². The van der Waals surface area contributed by atoms with Gasteiger partial charge in [0.1, 0.15) is 5.69 Å². The first-order valence-electron chi connectivity index (χ1n) is 12.2. The summed E-state index contributed by atoms with van der Waals surface area (Å²) in [6, 6.07) is 10.3. The summed E-state index contributed by atoms with van der Waals surface area (Å²) in [5, 5.41) is 11.8. The predicted molar refractivity (Wildman–Crippen MR) is 151 cm³/mol. The first kappa shape index (κ1) is 33.3. The average Bonchev–Trinajstić information content (AvgIpc) is 3.39. The van der Waals surface area contributed by atoms with Gasteiger partial charge in [0.2, 0.25) is 10.0 Å². The maximum Gasteiger partial charge on any atom is 0.343 e. The minimum atomic E-state index is -3.90. The van der Waals surface area contributed by atoms with Gasteiger partial charge in [0.15, 0.2) is 11.6 Å². The third-order valence-corrected chi connectivity index (χ3v) is 9.33. The minimum Gasteiger partial charge on any atom is -0.494 e. The van der Waals surface area contributed by atoms with Crippen LogP contribution in [0.5, 0.6) is 5.75 Å². The van der Waals surface area contributed by atoms with Gasteiger partial charge >= 0.3 is 7.67 Å². The number of nitrogens with one attached hydrogen (secondary N) is 1. The molecule has 1 fully saturated rings. The molecule has 0 aliphatic carbocycles. The molecule has 1 aliphatic heterocycles. The molecule has 41 heavy (non-hydrogen) atoms. The molecule has 1 aliphatic rings. The number of primary sulfonamides is 1. The number of aromatic nitrogens is 2. The molecule has 1 saturated heterocycles. The van der Waals surface area contributed by atoms with Crippen molar-refractivity contribution in [2.75, 3.05) is 45.1 Å². The number of hydrogen-bond acceptors (Lipinski definition) is 6. The topological polar surface area (TPSA) is 129 Å². The highest BCUT2D eigenvalue weighted by atomic mass is 35.5.